The lowest BCUT2D eigenvalue weighted by Gasteiger charge is -2.09. The highest BCUT2D eigenvalue weighted by atomic mass is 16.5. The van der Waals surface area contributed by atoms with Gasteiger partial charge in [-0.2, -0.15) is 0 Å². The van der Waals surface area contributed by atoms with Crippen LogP contribution in [0.1, 0.15) is 34.8 Å². The fourth-order valence-electron chi connectivity index (χ4n) is 4.64. The highest BCUT2D eigenvalue weighted by Gasteiger charge is 2.22. The van der Waals surface area contributed by atoms with Gasteiger partial charge in [-0.15, -0.1) is 0 Å². The van der Waals surface area contributed by atoms with E-state index in [-0.39, 0.29) is 13.2 Å². The fourth-order valence-corrected chi connectivity index (χ4v) is 4.64. The first kappa shape index (κ1) is 21.8. The molecule has 0 aliphatic carbocycles. The summed E-state index contributed by atoms with van der Waals surface area (Å²) in [5, 5.41) is 3.47. The minimum absolute atomic E-state index is 0.270. The molecule has 0 bridgehead atoms. The van der Waals surface area contributed by atoms with E-state index < -0.39 is 11.9 Å². The van der Waals surface area contributed by atoms with Crippen LogP contribution in [-0.2, 0) is 9.47 Å². The Balaban J connectivity index is 1.71. The molecule has 4 heterocycles. The Morgan fingerprint density at radius 3 is 1.50 bits per heavy atom. The van der Waals surface area contributed by atoms with Crippen molar-refractivity contribution in [3.8, 4) is 11.4 Å². The monoisotopic (exact) mass is 478 g/mol. The normalized spacial score (nSPS) is 11.5. The quantitative estimate of drug-likeness (QED) is 0.305. The summed E-state index contributed by atoms with van der Waals surface area (Å²) >= 11 is 0. The van der Waals surface area contributed by atoms with E-state index in [4.69, 9.17) is 19.4 Å². The van der Waals surface area contributed by atoms with Gasteiger partial charge in [-0.1, -0.05) is 36.4 Å². The molecule has 0 atom stereocenters. The van der Waals surface area contributed by atoms with Gasteiger partial charge in [0.15, 0.2) is 0 Å². The minimum Gasteiger partial charge on any atom is -0.461 e. The van der Waals surface area contributed by atoms with Gasteiger partial charge in [-0.3, -0.25) is 0 Å². The zero-order valence-corrected chi connectivity index (χ0v) is 19.7. The largest absolute Gasteiger partial charge is 0.461 e. The average molecular weight is 479 g/mol. The zero-order valence-electron chi connectivity index (χ0n) is 19.7. The summed E-state index contributed by atoms with van der Waals surface area (Å²) in [5.74, 6) is -0.880. The molecule has 0 spiro atoms. The lowest BCUT2D eigenvalue weighted by Crippen LogP contribution is -2.04. The Kier molecular flexibility index (Phi) is 5.14. The molecule has 8 heteroatoms. The molecular formula is C28H22N4O4. The number of esters is 2. The van der Waals surface area contributed by atoms with Gasteiger partial charge in [0.2, 0.25) is 0 Å². The van der Waals surface area contributed by atoms with Gasteiger partial charge >= 0.3 is 11.9 Å². The standard InChI is InChI=1S/C28H22N4O4/c1-3-35-27(33)21-13-17-15-9-5-7-11-19(15)29-25(23(17)31-21)26-24-18(14-22(32-24)28(34)36-4-2)16-10-6-8-12-20(16)30-26/h5-14,31-32H,3-4H2,1-2H3. The van der Waals surface area contributed by atoms with Crippen LogP contribution >= 0.6 is 0 Å². The fraction of sp³-hybridized carbons (Fsp3) is 0.143. The predicted molar refractivity (Wildman–Crippen MR) is 138 cm³/mol. The Bertz CT molecular complexity index is 1680. The summed E-state index contributed by atoms with van der Waals surface area (Å²) < 4.78 is 10.5. The third-order valence-corrected chi connectivity index (χ3v) is 6.18. The van der Waals surface area contributed by atoms with Gasteiger partial charge in [-0.05, 0) is 38.1 Å². The maximum absolute atomic E-state index is 12.6. The predicted octanol–water partition coefficient (Wildman–Crippen LogP) is 5.77. The number of nitrogens with one attached hydrogen (secondary N) is 2. The van der Waals surface area contributed by atoms with Crippen molar-refractivity contribution in [1.82, 2.24) is 19.9 Å². The lowest BCUT2D eigenvalue weighted by atomic mass is 10.0. The van der Waals surface area contributed by atoms with E-state index in [0.29, 0.717) is 33.8 Å². The van der Waals surface area contributed by atoms with Crippen LogP contribution in [0.15, 0.2) is 60.7 Å². The maximum Gasteiger partial charge on any atom is 0.354 e. The van der Waals surface area contributed by atoms with E-state index in [1.807, 2.05) is 48.5 Å². The average Bonchev–Trinajstić information content (AvgIpc) is 3.54. The molecule has 0 aliphatic heterocycles. The molecule has 0 unspecified atom stereocenters. The van der Waals surface area contributed by atoms with Gasteiger partial charge < -0.3 is 19.4 Å². The van der Waals surface area contributed by atoms with Crippen molar-refractivity contribution in [2.75, 3.05) is 13.2 Å². The molecule has 6 aromatic rings. The van der Waals surface area contributed by atoms with E-state index in [1.54, 1.807) is 26.0 Å². The van der Waals surface area contributed by atoms with Crippen LogP contribution in [0, 0.1) is 0 Å². The number of carbonyl (C=O) groups is 2. The molecule has 4 aromatic heterocycles. The van der Waals surface area contributed by atoms with Crippen LogP contribution in [0.3, 0.4) is 0 Å². The van der Waals surface area contributed by atoms with Crippen molar-refractivity contribution >= 4 is 55.6 Å². The van der Waals surface area contributed by atoms with Crippen LogP contribution < -0.4 is 0 Å². The number of benzene rings is 2. The number of para-hydroxylation sites is 2. The molecule has 0 amide bonds. The molecular weight excluding hydrogens is 456 g/mol. The highest BCUT2D eigenvalue weighted by Crippen LogP contribution is 2.37. The van der Waals surface area contributed by atoms with Crippen molar-refractivity contribution in [1.29, 1.82) is 0 Å². The topological polar surface area (TPSA) is 110 Å². The molecule has 6 rings (SSSR count). The number of hydrogen-bond donors (Lipinski definition) is 2. The number of pyridine rings is 2. The molecule has 178 valence electrons. The van der Waals surface area contributed by atoms with E-state index in [2.05, 4.69) is 9.97 Å². The van der Waals surface area contributed by atoms with Crippen LogP contribution in [-0.4, -0.2) is 45.1 Å². The number of aromatic amines is 2. The van der Waals surface area contributed by atoms with Crippen LogP contribution in [0.4, 0.5) is 0 Å². The summed E-state index contributed by atoms with van der Waals surface area (Å²) in [6, 6.07) is 19.1. The van der Waals surface area contributed by atoms with Gasteiger partial charge in [-0.25, -0.2) is 19.6 Å². The second kappa shape index (κ2) is 8.49. The zero-order chi connectivity index (χ0) is 24.8. The van der Waals surface area contributed by atoms with Crippen LogP contribution in [0.25, 0.3) is 55.0 Å². The minimum atomic E-state index is -0.440. The smallest absolute Gasteiger partial charge is 0.354 e. The summed E-state index contributed by atoms with van der Waals surface area (Å²) in [6.45, 7) is 4.08. The second-order valence-corrected chi connectivity index (χ2v) is 8.34. The van der Waals surface area contributed by atoms with E-state index in [1.165, 1.54) is 0 Å². The van der Waals surface area contributed by atoms with Gasteiger partial charge in [0, 0.05) is 21.5 Å². The van der Waals surface area contributed by atoms with Crippen LogP contribution in [0.2, 0.25) is 0 Å². The first-order valence-electron chi connectivity index (χ1n) is 11.8. The van der Waals surface area contributed by atoms with E-state index in [0.717, 1.165) is 32.6 Å². The van der Waals surface area contributed by atoms with Crippen molar-refractivity contribution in [3.63, 3.8) is 0 Å². The van der Waals surface area contributed by atoms with Gasteiger partial charge in [0.05, 0.1) is 35.3 Å². The number of aromatic nitrogens is 4. The Morgan fingerprint density at radius 1 is 0.667 bits per heavy atom. The molecule has 0 saturated carbocycles. The molecule has 36 heavy (non-hydrogen) atoms. The van der Waals surface area contributed by atoms with Crippen molar-refractivity contribution < 1.29 is 19.1 Å². The molecule has 2 aromatic carbocycles. The Morgan fingerprint density at radius 2 is 1.08 bits per heavy atom. The van der Waals surface area contributed by atoms with E-state index >= 15 is 0 Å². The van der Waals surface area contributed by atoms with Crippen molar-refractivity contribution in [2.45, 2.75) is 13.8 Å². The summed E-state index contributed by atoms with van der Waals surface area (Å²) in [7, 11) is 0. The molecule has 0 saturated heterocycles. The first-order valence-corrected chi connectivity index (χ1v) is 11.8. The van der Waals surface area contributed by atoms with Gasteiger partial charge in [0.1, 0.15) is 22.8 Å². The molecule has 8 nitrogen and oxygen atoms in total. The number of rotatable bonds is 5. The van der Waals surface area contributed by atoms with Crippen molar-refractivity contribution in [2.24, 2.45) is 0 Å². The third kappa shape index (κ3) is 3.38. The Hall–Kier alpha value is -4.72. The molecule has 0 aliphatic rings. The number of carbonyl (C=O) groups excluding carboxylic acids is 2. The number of ether oxygens (including phenoxy) is 2. The Labute approximate surface area is 205 Å². The molecule has 2 N–H and O–H groups in total. The molecule has 0 radical (unpaired) electrons. The van der Waals surface area contributed by atoms with Gasteiger partial charge in [0.25, 0.3) is 0 Å². The number of fused-ring (bicyclic) bond motifs is 6. The first-order chi connectivity index (χ1) is 17.6. The third-order valence-electron chi connectivity index (χ3n) is 6.18. The maximum atomic E-state index is 12.6. The second-order valence-electron chi connectivity index (χ2n) is 8.34. The number of nitrogens with zero attached hydrogens (tertiary/aromatic N) is 2. The molecule has 0 fully saturated rings. The summed E-state index contributed by atoms with van der Waals surface area (Å²) in [6.07, 6.45) is 0. The summed E-state index contributed by atoms with van der Waals surface area (Å²) in [4.78, 5) is 41.5. The SMILES string of the molecule is CCOC(=O)c1cc2c([nH]1)c(-c1nc3ccccc3c3cc(C(=O)OCC)[nH]c13)nc1ccccc12. The van der Waals surface area contributed by atoms with E-state index in [9.17, 15) is 9.59 Å². The lowest BCUT2D eigenvalue weighted by molar-refractivity contribution is 0.0511. The summed E-state index contributed by atoms with van der Waals surface area (Å²) in [5.41, 5.74) is 4.63. The van der Waals surface area contributed by atoms with Crippen LogP contribution in [0.5, 0.6) is 0 Å². The van der Waals surface area contributed by atoms with Crippen molar-refractivity contribution in [3.05, 3.63) is 72.1 Å². The number of H-pyrrole nitrogens is 2. The number of hydrogen-bond acceptors (Lipinski definition) is 6. The highest BCUT2D eigenvalue weighted by molar-refractivity contribution is 6.17.